The number of rotatable bonds is 3. The maximum Gasteiger partial charge on any atom is 0.508 e. The molecule has 31 heavy (non-hydrogen) atoms. The summed E-state index contributed by atoms with van der Waals surface area (Å²) >= 11 is 0. The Hall–Kier alpha value is -1.93. The summed E-state index contributed by atoms with van der Waals surface area (Å²) in [6.45, 7) is 3.39. The van der Waals surface area contributed by atoms with Crippen LogP contribution < -0.4 is 0 Å². The molecule has 0 aromatic heterocycles. The predicted molar refractivity (Wildman–Crippen MR) is 108 cm³/mol. The monoisotopic (exact) mass is 436 g/mol. The van der Waals surface area contributed by atoms with Crippen molar-refractivity contribution in [3.05, 3.63) is 11.6 Å². The predicted octanol–water partition coefficient (Wildman–Crippen LogP) is 2.15. The van der Waals surface area contributed by atoms with E-state index in [9.17, 15) is 19.5 Å². The lowest BCUT2D eigenvalue weighted by atomic mass is 9.46. The molecular weight excluding hydrogens is 404 g/mol. The Morgan fingerprint density at radius 3 is 2.61 bits per heavy atom. The number of Topliss-reactive ketones (excluding diaryl/α,β-unsaturated/α-hetero) is 1. The molecule has 4 rings (SSSR count). The molecule has 4 aliphatic carbocycles. The van der Waals surface area contributed by atoms with Crippen LogP contribution in [0.4, 0.5) is 4.79 Å². The van der Waals surface area contributed by atoms with Gasteiger partial charge in [0.1, 0.15) is 24.6 Å². The zero-order chi connectivity index (χ0) is 22.6. The summed E-state index contributed by atoms with van der Waals surface area (Å²) in [4.78, 5) is 36.4. The molecule has 3 fully saturated rings. The van der Waals surface area contributed by atoms with Crippen molar-refractivity contribution in [1.29, 1.82) is 0 Å². The molecule has 2 N–H and O–H groups in total. The van der Waals surface area contributed by atoms with Crippen LogP contribution in [0.3, 0.4) is 0 Å². The molecule has 8 heteroatoms. The van der Waals surface area contributed by atoms with Crippen molar-refractivity contribution < 1.29 is 38.8 Å². The van der Waals surface area contributed by atoms with Gasteiger partial charge in [0.05, 0.1) is 13.2 Å². The molecule has 0 aliphatic heterocycles. The topological polar surface area (TPSA) is 119 Å². The minimum Gasteiger partial charge on any atom is -0.460 e. The number of hydrogen-bond acceptors (Lipinski definition) is 8. The second-order valence-corrected chi connectivity index (χ2v) is 10.0. The second kappa shape index (κ2) is 7.89. The van der Waals surface area contributed by atoms with Gasteiger partial charge >= 0.3 is 12.1 Å². The molecule has 0 aromatic carbocycles. The Morgan fingerprint density at radius 2 is 1.94 bits per heavy atom. The molecule has 0 spiro atoms. The molecule has 3 unspecified atom stereocenters. The maximum absolute atomic E-state index is 12.7. The fourth-order valence-electron chi connectivity index (χ4n) is 7.08. The van der Waals surface area contributed by atoms with Crippen LogP contribution in [0.25, 0.3) is 0 Å². The van der Waals surface area contributed by atoms with Crippen molar-refractivity contribution in [3.63, 3.8) is 0 Å². The SMILES string of the molecule is COC(=O)O[C@H]1C=C2C[C@@H](OC(=O)CO)CC[C@]2(C)C2C1C1CCC(=O)[C@@]1(C)C[C@H]2O. The van der Waals surface area contributed by atoms with Gasteiger partial charge in [0, 0.05) is 30.1 Å². The number of aliphatic hydroxyl groups excluding tert-OH is 2. The van der Waals surface area contributed by atoms with Crippen LogP contribution in [0, 0.1) is 28.6 Å². The number of fused-ring (bicyclic) bond motifs is 5. The van der Waals surface area contributed by atoms with E-state index in [1.807, 2.05) is 13.0 Å². The highest BCUT2D eigenvalue weighted by Crippen LogP contribution is 2.64. The van der Waals surface area contributed by atoms with Crippen LogP contribution in [0.15, 0.2) is 11.6 Å². The summed E-state index contributed by atoms with van der Waals surface area (Å²) in [5.74, 6) is -0.845. The molecule has 172 valence electrons. The molecule has 0 aromatic rings. The van der Waals surface area contributed by atoms with Crippen molar-refractivity contribution in [2.45, 2.75) is 70.7 Å². The molecule has 0 amide bonds. The van der Waals surface area contributed by atoms with Crippen molar-refractivity contribution in [1.82, 2.24) is 0 Å². The fraction of sp³-hybridized carbons (Fsp3) is 0.783. The number of ketones is 1. The smallest absolute Gasteiger partial charge is 0.460 e. The lowest BCUT2D eigenvalue weighted by molar-refractivity contribution is -0.164. The van der Waals surface area contributed by atoms with Gasteiger partial charge in [-0.15, -0.1) is 0 Å². The number of aliphatic hydroxyl groups is 2. The first-order chi connectivity index (χ1) is 14.6. The van der Waals surface area contributed by atoms with Gasteiger partial charge in [-0.05, 0) is 43.1 Å². The van der Waals surface area contributed by atoms with E-state index >= 15 is 0 Å². The molecule has 0 radical (unpaired) electrons. The van der Waals surface area contributed by atoms with Crippen LogP contribution in [0.1, 0.15) is 52.4 Å². The quantitative estimate of drug-likeness (QED) is 0.510. The van der Waals surface area contributed by atoms with Gasteiger partial charge < -0.3 is 24.4 Å². The molecule has 0 heterocycles. The zero-order valence-electron chi connectivity index (χ0n) is 18.3. The number of carbonyl (C=O) groups is 3. The standard InChI is InChI=1S/C23H32O8/c1-22-7-6-13(30-18(27)11-24)8-12(22)9-16(31-21(28)29-3)19-14-4-5-17(26)23(14,2)10-15(25)20(19)22/h9,13-16,19-20,24-25H,4-8,10-11H2,1-3H3/t13-,14?,15+,16-,19?,20?,22-,23-/m0/s1. The summed E-state index contributed by atoms with van der Waals surface area (Å²) in [6.07, 6.45) is 2.83. The van der Waals surface area contributed by atoms with Gasteiger partial charge in [-0.25, -0.2) is 9.59 Å². The fourth-order valence-corrected chi connectivity index (χ4v) is 7.08. The molecule has 0 saturated heterocycles. The number of carbonyl (C=O) groups excluding carboxylic acids is 3. The third-order valence-corrected chi connectivity index (χ3v) is 8.54. The van der Waals surface area contributed by atoms with Crippen LogP contribution >= 0.6 is 0 Å². The van der Waals surface area contributed by atoms with E-state index in [0.717, 1.165) is 12.0 Å². The van der Waals surface area contributed by atoms with E-state index in [2.05, 4.69) is 6.92 Å². The summed E-state index contributed by atoms with van der Waals surface area (Å²) in [5.41, 5.74) is 0.0138. The average molecular weight is 437 g/mol. The first-order valence-corrected chi connectivity index (χ1v) is 11.1. The van der Waals surface area contributed by atoms with Crippen LogP contribution in [-0.4, -0.2) is 60.1 Å². The maximum atomic E-state index is 12.7. The minimum atomic E-state index is -0.797. The average Bonchev–Trinajstić information content (AvgIpc) is 3.02. The van der Waals surface area contributed by atoms with Crippen LogP contribution in [0.2, 0.25) is 0 Å². The summed E-state index contributed by atoms with van der Waals surface area (Å²) in [5, 5.41) is 20.3. The third kappa shape index (κ3) is 3.48. The van der Waals surface area contributed by atoms with Gasteiger partial charge in [-0.2, -0.15) is 0 Å². The highest BCUT2D eigenvalue weighted by molar-refractivity contribution is 5.87. The van der Waals surface area contributed by atoms with Crippen LogP contribution in [-0.2, 0) is 23.8 Å². The Morgan fingerprint density at radius 1 is 1.19 bits per heavy atom. The van der Waals surface area contributed by atoms with E-state index in [1.165, 1.54) is 7.11 Å². The molecule has 8 atom stereocenters. The van der Waals surface area contributed by atoms with Crippen molar-refractivity contribution in [2.75, 3.05) is 13.7 Å². The molecular formula is C23H32O8. The molecule has 8 nitrogen and oxygen atoms in total. The van der Waals surface area contributed by atoms with Crippen molar-refractivity contribution >= 4 is 17.9 Å². The lowest BCUT2D eigenvalue weighted by Gasteiger charge is -2.59. The second-order valence-electron chi connectivity index (χ2n) is 10.0. The van der Waals surface area contributed by atoms with E-state index in [-0.39, 0.29) is 35.1 Å². The van der Waals surface area contributed by atoms with E-state index in [1.54, 1.807) is 0 Å². The number of ether oxygens (including phenoxy) is 3. The Kier molecular flexibility index (Phi) is 5.67. The Balaban J connectivity index is 1.73. The summed E-state index contributed by atoms with van der Waals surface area (Å²) in [6, 6.07) is 0. The van der Waals surface area contributed by atoms with Gasteiger partial charge in [0.15, 0.2) is 0 Å². The number of esters is 1. The van der Waals surface area contributed by atoms with Crippen LogP contribution in [0.5, 0.6) is 0 Å². The number of methoxy groups -OCH3 is 1. The molecule has 0 bridgehead atoms. The normalized spacial score (nSPS) is 43.8. The Labute approximate surface area is 181 Å². The summed E-state index contributed by atoms with van der Waals surface area (Å²) in [7, 11) is 1.25. The lowest BCUT2D eigenvalue weighted by Crippen LogP contribution is -2.60. The van der Waals surface area contributed by atoms with Gasteiger partial charge in [-0.1, -0.05) is 19.4 Å². The van der Waals surface area contributed by atoms with Gasteiger partial charge in [0.25, 0.3) is 0 Å². The van der Waals surface area contributed by atoms with Crippen molar-refractivity contribution in [3.8, 4) is 0 Å². The summed E-state index contributed by atoms with van der Waals surface area (Å²) < 4.78 is 15.8. The Bertz CT molecular complexity index is 805. The van der Waals surface area contributed by atoms with E-state index in [0.29, 0.717) is 32.1 Å². The van der Waals surface area contributed by atoms with Gasteiger partial charge in [-0.3, -0.25) is 4.79 Å². The van der Waals surface area contributed by atoms with E-state index in [4.69, 9.17) is 19.3 Å². The van der Waals surface area contributed by atoms with E-state index < -0.39 is 36.4 Å². The largest absolute Gasteiger partial charge is 0.508 e. The highest BCUT2D eigenvalue weighted by Gasteiger charge is 2.64. The highest BCUT2D eigenvalue weighted by atomic mass is 16.7. The first kappa shape index (κ1) is 22.3. The molecule has 3 saturated carbocycles. The molecule has 4 aliphatic rings. The first-order valence-electron chi connectivity index (χ1n) is 11.1. The zero-order valence-corrected chi connectivity index (χ0v) is 18.3. The van der Waals surface area contributed by atoms with Crippen molar-refractivity contribution in [2.24, 2.45) is 28.6 Å². The number of hydrogen-bond donors (Lipinski definition) is 2. The van der Waals surface area contributed by atoms with Gasteiger partial charge in [0.2, 0.25) is 0 Å². The third-order valence-electron chi connectivity index (χ3n) is 8.54. The minimum absolute atomic E-state index is 0.0163.